The average molecular weight is 252 g/mol. The molecule has 2 N–H and O–H groups in total. The third kappa shape index (κ3) is 2.60. The highest BCUT2D eigenvalue weighted by molar-refractivity contribution is 5.94. The number of anilines is 1. The van der Waals surface area contributed by atoms with Crippen molar-refractivity contribution in [3.63, 3.8) is 0 Å². The number of nitrogens with zero attached hydrogens (tertiary/aromatic N) is 2. The van der Waals surface area contributed by atoms with Gasteiger partial charge in [-0.1, -0.05) is 0 Å². The first kappa shape index (κ1) is 12.8. The molecule has 2 atom stereocenters. The van der Waals surface area contributed by atoms with E-state index in [1.54, 1.807) is 0 Å². The van der Waals surface area contributed by atoms with E-state index >= 15 is 0 Å². The van der Waals surface area contributed by atoms with Gasteiger partial charge in [0.05, 0.1) is 36.3 Å². The highest BCUT2D eigenvalue weighted by atomic mass is 16.5. The third-order valence-electron chi connectivity index (χ3n) is 2.90. The Morgan fingerprint density at radius 2 is 2.39 bits per heavy atom. The van der Waals surface area contributed by atoms with Gasteiger partial charge in [0, 0.05) is 19.3 Å². The molecule has 2 heterocycles. The van der Waals surface area contributed by atoms with Crippen molar-refractivity contribution in [3.8, 4) is 0 Å². The molecule has 2 unspecified atom stereocenters. The maximum Gasteiger partial charge on any atom is 0.337 e. The molecule has 1 aliphatic rings. The highest BCUT2D eigenvalue weighted by Crippen LogP contribution is 2.23. The molecule has 6 nitrogen and oxygen atoms in total. The van der Waals surface area contributed by atoms with Gasteiger partial charge < -0.3 is 19.8 Å². The van der Waals surface area contributed by atoms with Crippen LogP contribution in [0.25, 0.3) is 0 Å². The molecule has 0 aliphatic carbocycles. The van der Waals surface area contributed by atoms with Gasteiger partial charge in [-0.2, -0.15) is 0 Å². The van der Waals surface area contributed by atoms with E-state index in [1.807, 2.05) is 11.8 Å². The van der Waals surface area contributed by atoms with E-state index in [1.165, 1.54) is 18.5 Å². The fourth-order valence-electron chi connectivity index (χ4n) is 2.16. The smallest absolute Gasteiger partial charge is 0.337 e. The first-order chi connectivity index (χ1) is 8.61. The lowest BCUT2D eigenvalue weighted by molar-refractivity contribution is -0.0421. The largest absolute Gasteiger partial charge is 0.478 e. The van der Waals surface area contributed by atoms with Crippen LogP contribution in [-0.2, 0) is 4.74 Å². The van der Waals surface area contributed by atoms with Crippen LogP contribution in [0.4, 0.5) is 5.69 Å². The Labute approximate surface area is 105 Å². The summed E-state index contributed by atoms with van der Waals surface area (Å²) >= 11 is 0. The monoisotopic (exact) mass is 252 g/mol. The summed E-state index contributed by atoms with van der Waals surface area (Å²) < 4.78 is 5.53. The standard InChI is InChI=1S/C12H16N2O4/c1-8-5-14(6-9(7-15)18-8)11-4-13-3-2-10(11)12(16)17/h2-4,8-9,15H,5-7H2,1H3,(H,16,17). The van der Waals surface area contributed by atoms with E-state index in [9.17, 15) is 4.79 Å². The second-order valence-electron chi connectivity index (χ2n) is 4.35. The zero-order chi connectivity index (χ0) is 13.1. The minimum atomic E-state index is -0.980. The summed E-state index contributed by atoms with van der Waals surface area (Å²) in [6, 6.07) is 1.48. The molecule has 0 spiro atoms. The van der Waals surface area contributed by atoms with Gasteiger partial charge in [0.2, 0.25) is 0 Å². The second kappa shape index (κ2) is 5.32. The Balaban J connectivity index is 2.27. The summed E-state index contributed by atoms with van der Waals surface area (Å²) in [5.74, 6) is -0.980. The van der Waals surface area contributed by atoms with Gasteiger partial charge in [-0.3, -0.25) is 4.98 Å². The number of aliphatic hydroxyl groups is 1. The molecule has 0 radical (unpaired) electrons. The summed E-state index contributed by atoms with van der Waals surface area (Å²) in [6.45, 7) is 2.87. The van der Waals surface area contributed by atoms with Crippen molar-refractivity contribution in [1.82, 2.24) is 4.98 Å². The van der Waals surface area contributed by atoms with Crippen LogP contribution in [0, 0.1) is 0 Å². The van der Waals surface area contributed by atoms with Gasteiger partial charge >= 0.3 is 5.97 Å². The first-order valence-corrected chi connectivity index (χ1v) is 5.80. The predicted octanol–water partition coefficient (Wildman–Crippen LogP) is 0.366. The number of hydrogen-bond donors (Lipinski definition) is 2. The van der Waals surface area contributed by atoms with Gasteiger partial charge in [0.15, 0.2) is 0 Å². The normalized spacial score (nSPS) is 24.0. The molecule has 1 saturated heterocycles. The molecular formula is C12H16N2O4. The van der Waals surface area contributed by atoms with Crippen LogP contribution in [0.5, 0.6) is 0 Å². The van der Waals surface area contributed by atoms with Crippen LogP contribution in [0.15, 0.2) is 18.5 Å². The van der Waals surface area contributed by atoms with Gasteiger partial charge in [-0.15, -0.1) is 0 Å². The van der Waals surface area contributed by atoms with Crippen LogP contribution >= 0.6 is 0 Å². The minimum Gasteiger partial charge on any atom is -0.478 e. The molecule has 0 amide bonds. The zero-order valence-electron chi connectivity index (χ0n) is 10.1. The lowest BCUT2D eigenvalue weighted by Gasteiger charge is -2.37. The Kier molecular flexibility index (Phi) is 3.78. The average Bonchev–Trinajstić information content (AvgIpc) is 2.38. The fourth-order valence-corrected chi connectivity index (χ4v) is 2.16. The van der Waals surface area contributed by atoms with Crippen molar-refractivity contribution < 1.29 is 19.7 Å². The number of carboxylic acid groups (broad SMARTS) is 1. The highest BCUT2D eigenvalue weighted by Gasteiger charge is 2.27. The SMILES string of the molecule is CC1CN(c2cnccc2C(=O)O)CC(CO)O1. The molecule has 1 fully saturated rings. The van der Waals surface area contributed by atoms with Crippen molar-refractivity contribution >= 4 is 11.7 Å². The lowest BCUT2D eigenvalue weighted by atomic mass is 10.1. The van der Waals surface area contributed by atoms with Gasteiger partial charge in [-0.05, 0) is 13.0 Å². The maximum atomic E-state index is 11.2. The molecule has 6 heteroatoms. The van der Waals surface area contributed by atoms with Gasteiger partial charge in [-0.25, -0.2) is 4.79 Å². The van der Waals surface area contributed by atoms with Crippen LogP contribution < -0.4 is 4.90 Å². The van der Waals surface area contributed by atoms with E-state index in [4.69, 9.17) is 14.9 Å². The molecule has 2 rings (SSSR count). The minimum absolute atomic E-state index is 0.0576. The summed E-state index contributed by atoms with van der Waals surface area (Å²) in [5.41, 5.74) is 0.786. The number of aromatic nitrogens is 1. The number of carboxylic acids is 1. The number of ether oxygens (including phenoxy) is 1. The zero-order valence-corrected chi connectivity index (χ0v) is 10.1. The first-order valence-electron chi connectivity index (χ1n) is 5.80. The summed E-state index contributed by atoms with van der Waals surface area (Å²) in [7, 11) is 0. The molecular weight excluding hydrogens is 236 g/mol. The molecule has 1 aromatic rings. The van der Waals surface area contributed by atoms with Crippen LogP contribution in [-0.4, -0.2) is 53.1 Å². The lowest BCUT2D eigenvalue weighted by Crippen LogP contribution is -2.48. The molecule has 0 bridgehead atoms. The maximum absolute atomic E-state index is 11.2. The summed E-state index contributed by atoms with van der Waals surface area (Å²) in [6.07, 6.45) is 2.64. The third-order valence-corrected chi connectivity index (χ3v) is 2.90. The van der Waals surface area contributed by atoms with E-state index in [0.717, 1.165) is 0 Å². The van der Waals surface area contributed by atoms with Crippen LogP contribution in [0.3, 0.4) is 0 Å². The number of hydrogen-bond acceptors (Lipinski definition) is 5. The molecule has 18 heavy (non-hydrogen) atoms. The Hall–Kier alpha value is -1.66. The van der Waals surface area contributed by atoms with Crippen molar-refractivity contribution in [2.24, 2.45) is 0 Å². The number of carbonyl (C=O) groups is 1. The number of rotatable bonds is 3. The van der Waals surface area contributed by atoms with Crippen molar-refractivity contribution in [2.45, 2.75) is 19.1 Å². The Morgan fingerprint density at radius 1 is 1.61 bits per heavy atom. The summed E-state index contributed by atoms with van der Waals surface area (Å²) in [4.78, 5) is 17.0. The quantitative estimate of drug-likeness (QED) is 0.808. The van der Waals surface area contributed by atoms with E-state index in [0.29, 0.717) is 18.8 Å². The van der Waals surface area contributed by atoms with E-state index in [2.05, 4.69) is 4.98 Å². The van der Waals surface area contributed by atoms with E-state index in [-0.39, 0.29) is 24.4 Å². The summed E-state index contributed by atoms with van der Waals surface area (Å²) in [5, 5.41) is 18.3. The molecule has 98 valence electrons. The number of pyridine rings is 1. The van der Waals surface area contributed by atoms with Crippen molar-refractivity contribution in [2.75, 3.05) is 24.6 Å². The van der Waals surface area contributed by atoms with Crippen LogP contribution in [0.2, 0.25) is 0 Å². The van der Waals surface area contributed by atoms with Crippen LogP contribution in [0.1, 0.15) is 17.3 Å². The topological polar surface area (TPSA) is 82.9 Å². The van der Waals surface area contributed by atoms with E-state index < -0.39 is 5.97 Å². The fraction of sp³-hybridized carbons (Fsp3) is 0.500. The predicted molar refractivity (Wildman–Crippen MR) is 64.8 cm³/mol. The van der Waals surface area contributed by atoms with Gasteiger partial charge in [0.1, 0.15) is 0 Å². The molecule has 0 aromatic carbocycles. The Bertz CT molecular complexity index is 438. The Morgan fingerprint density at radius 3 is 3.06 bits per heavy atom. The number of morpholine rings is 1. The number of aliphatic hydroxyl groups excluding tert-OH is 1. The number of aromatic carboxylic acids is 1. The molecule has 0 saturated carbocycles. The van der Waals surface area contributed by atoms with Gasteiger partial charge in [0.25, 0.3) is 0 Å². The molecule has 1 aliphatic heterocycles. The second-order valence-corrected chi connectivity index (χ2v) is 4.35. The van der Waals surface area contributed by atoms with Crippen molar-refractivity contribution in [1.29, 1.82) is 0 Å². The molecule has 1 aromatic heterocycles. The van der Waals surface area contributed by atoms with Crippen molar-refractivity contribution in [3.05, 3.63) is 24.0 Å².